The molecule has 16 heavy (non-hydrogen) atoms. The van der Waals surface area contributed by atoms with E-state index >= 15 is 0 Å². The number of benzene rings is 1. The third-order valence-electron chi connectivity index (χ3n) is 2.57. The minimum Gasteiger partial charge on any atom is -0.368 e. The highest BCUT2D eigenvalue weighted by Gasteiger charge is 2.17. The summed E-state index contributed by atoms with van der Waals surface area (Å²) >= 11 is 0. The Kier molecular flexibility index (Phi) is 4.43. The molecule has 2 unspecified atom stereocenters. The number of primary amides is 1. The average molecular weight is 224 g/mol. The Morgan fingerprint density at radius 1 is 1.50 bits per heavy atom. The molecule has 0 aliphatic rings. The van der Waals surface area contributed by atoms with E-state index in [9.17, 15) is 9.18 Å². The molecule has 0 aromatic heterocycles. The summed E-state index contributed by atoms with van der Waals surface area (Å²) in [5.74, 6) is -0.687. The zero-order chi connectivity index (χ0) is 12.1. The van der Waals surface area contributed by atoms with Crippen molar-refractivity contribution in [3.8, 4) is 0 Å². The molecular formula is C12H17FN2O. The fraction of sp³-hybridized carbons (Fsp3) is 0.417. The molecule has 4 heteroatoms. The summed E-state index contributed by atoms with van der Waals surface area (Å²) in [7, 11) is 0. The molecule has 1 amide bonds. The molecule has 2 atom stereocenters. The van der Waals surface area contributed by atoms with Crippen LogP contribution in [0.5, 0.6) is 0 Å². The molecule has 3 N–H and O–H groups in total. The lowest BCUT2D eigenvalue weighted by Gasteiger charge is -2.20. The van der Waals surface area contributed by atoms with Crippen molar-refractivity contribution in [1.29, 1.82) is 0 Å². The lowest BCUT2D eigenvalue weighted by molar-refractivity contribution is -0.120. The average Bonchev–Trinajstić information content (AvgIpc) is 2.25. The molecule has 0 saturated heterocycles. The van der Waals surface area contributed by atoms with Gasteiger partial charge in [0.2, 0.25) is 5.91 Å². The van der Waals surface area contributed by atoms with E-state index in [0.29, 0.717) is 12.0 Å². The fourth-order valence-electron chi connectivity index (χ4n) is 1.62. The molecule has 88 valence electrons. The number of carbonyl (C=O) groups is 1. The van der Waals surface area contributed by atoms with E-state index in [1.807, 2.05) is 13.8 Å². The number of nitrogens with one attached hydrogen (secondary N) is 1. The van der Waals surface area contributed by atoms with Crippen molar-refractivity contribution in [2.24, 2.45) is 5.73 Å². The minimum atomic E-state index is -0.422. The van der Waals surface area contributed by atoms with Crippen molar-refractivity contribution in [3.63, 3.8) is 0 Å². The second-order valence-corrected chi connectivity index (χ2v) is 3.77. The lowest BCUT2D eigenvalue weighted by atomic mass is 10.1. The van der Waals surface area contributed by atoms with Crippen molar-refractivity contribution in [3.05, 3.63) is 35.6 Å². The number of nitrogens with two attached hydrogens (primary N) is 1. The molecule has 0 bridgehead atoms. The van der Waals surface area contributed by atoms with Crippen molar-refractivity contribution in [1.82, 2.24) is 5.32 Å². The van der Waals surface area contributed by atoms with Crippen LogP contribution in [-0.4, -0.2) is 11.9 Å². The number of hydrogen-bond donors (Lipinski definition) is 2. The van der Waals surface area contributed by atoms with Crippen molar-refractivity contribution in [2.75, 3.05) is 0 Å². The van der Waals surface area contributed by atoms with Gasteiger partial charge in [-0.25, -0.2) is 4.39 Å². The maximum Gasteiger partial charge on any atom is 0.234 e. The third kappa shape index (κ3) is 3.03. The van der Waals surface area contributed by atoms with Crippen LogP contribution in [0.1, 0.15) is 31.9 Å². The van der Waals surface area contributed by atoms with Gasteiger partial charge in [0.25, 0.3) is 0 Å². The number of hydrogen-bond acceptors (Lipinski definition) is 2. The molecule has 1 aromatic carbocycles. The summed E-state index contributed by atoms with van der Waals surface area (Å²) in [4.78, 5) is 11.0. The Bertz CT molecular complexity index is 368. The Morgan fingerprint density at radius 3 is 2.62 bits per heavy atom. The second-order valence-electron chi connectivity index (χ2n) is 3.77. The van der Waals surface area contributed by atoms with Gasteiger partial charge in [0, 0.05) is 11.6 Å². The van der Waals surface area contributed by atoms with Gasteiger partial charge in [0.15, 0.2) is 0 Å². The predicted molar refractivity (Wildman–Crippen MR) is 61.2 cm³/mol. The highest BCUT2D eigenvalue weighted by molar-refractivity contribution is 5.79. The zero-order valence-electron chi connectivity index (χ0n) is 9.53. The van der Waals surface area contributed by atoms with Gasteiger partial charge in [-0.2, -0.15) is 0 Å². The number of amides is 1. The second kappa shape index (κ2) is 5.61. The van der Waals surface area contributed by atoms with Crippen LogP contribution in [0.3, 0.4) is 0 Å². The monoisotopic (exact) mass is 224 g/mol. The highest BCUT2D eigenvalue weighted by Crippen LogP contribution is 2.16. The topological polar surface area (TPSA) is 55.1 Å². The summed E-state index contributed by atoms with van der Waals surface area (Å²) in [6.07, 6.45) is 0.591. The largest absolute Gasteiger partial charge is 0.368 e. The van der Waals surface area contributed by atoms with E-state index < -0.39 is 11.9 Å². The molecule has 0 aliphatic carbocycles. The maximum absolute atomic E-state index is 13.4. The molecule has 0 heterocycles. The standard InChI is InChI=1S/C12H17FN2O/c1-3-11(12(14)16)15-8(2)9-6-4-5-7-10(9)13/h4-8,11,15H,3H2,1-2H3,(H2,14,16). The molecule has 0 fully saturated rings. The summed E-state index contributed by atoms with van der Waals surface area (Å²) in [6, 6.07) is 5.84. The fourth-order valence-corrected chi connectivity index (χ4v) is 1.62. The summed E-state index contributed by atoms with van der Waals surface area (Å²) in [5, 5.41) is 3.01. The summed E-state index contributed by atoms with van der Waals surface area (Å²) in [5.41, 5.74) is 5.76. The Morgan fingerprint density at radius 2 is 2.12 bits per heavy atom. The molecule has 0 spiro atoms. The first-order valence-corrected chi connectivity index (χ1v) is 5.36. The molecule has 0 aliphatic heterocycles. The normalized spacial score (nSPS) is 14.4. The van der Waals surface area contributed by atoms with E-state index in [-0.39, 0.29) is 11.9 Å². The van der Waals surface area contributed by atoms with Crippen molar-refractivity contribution in [2.45, 2.75) is 32.4 Å². The molecule has 1 aromatic rings. The van der Waals surface area contributed by atoms with Gasteiger partial charge in [-0.1, -0.05) is 25.1 Å². The van der Waals surface area contributed by atoms with Crippen molar-refractivity contribution >= 4 is 5.91 Å². The number of rotatable bonds is 5. The third-order valence-corrected chi connectivity index (χ3v) is 2.57. The maximum atomic E-state index is 13.4. The number of halogens is 1. The predicted octanol–water partition coefficient (Wildman–Crippen LogP) is 1.74. The van der Waals surface area contributed by atoms with Gasteiger partial charge >= 0.3 is 0 Å². The summed E-state index contributed by atoms with van der Waals surface area (Å²) < 4.78 is 13.4. The van der Waals surface area contributed by atoms with Crippen LogP contribution in [-0.2, 0) is 4.79 Å². The van der Waals surface area contributed by atoms with Crippen LogP contribution in [0.25, 0.3) is 0 Å². The van der Waals surface area contributed by atoms with Crippen LogP contribution < -0.4 is 11.1 Å². The SMILES string of the molecule is CCC(NC(C)c1ccccc1F)C(N)=O. The Labute approximate surface area is 94.8 Å². The molecular weight excluding hydrogens is 207 g/mol. The molecule has 0 radical (unpaired) electrons. The summed E-state index contributed by atoms with van der Waals surface area (Å²) in [6.45, 7) is 3.67. The smallest absolute Gasteiger partial charge is 0.234 e. The molecule has 0 saturated carbocycles. The first kappa shape index (κ1) is 12.6. The molecule has 3 nitrogen and oxygen atoms in total. The van der Waals surface area contributed by atoms with Crippen molar-refractivity contribution < 1.29 is 9.18 Å². The van der Waals surface area contributed by atoms with Gasteiger partial charge < -0.3 is 5.73 Å². The highest BCUT2D eigenvalue weighted by atomic mass is 19.1. The first-order valence-electron chi connectivity index (χ1n) is 5.36. The van der Waals surface area contributed by atoms with Gasteiger partial charge in [0.05, 0.1) is 6.04 Å². The Balaban J connectivity index is 2.75. The lowest BCUT2D eigenvalue weighted by Crippen LogP contribution is -2.42. The van der Waals surface area contributed by atoms with Gasteiger partial charge in [-0.15, -0.1) is 0 Å². The molecule has 1 rings (SSSR count). The van der Waals surface area contributed by atoms with Crippen LogP contribution in [0.4, 0.5) is 4.39 Å². The van der Waals surface area contributed by atoms with E-state index in [1.165, 1.54) is 6.07 Å². The van der Waals surface area contributed by atoms with E-state index in [1.54, 1.807) is 18.2 Å². The first-order chi connectivity index (χ1) is 7.56. The van der Waals surface area contributed by atoms with Gasteiger partial charge in [-0.3, -0.25) is 10.1 Å². The van der Waals surface area contributed by atoms with Crippen LogP contribution in [0, 0.1) is 5.82 Å². The van der Waals surface area contributed by atoms with Gasteiger partial charge in [0.1, 0.15) is 5.82 Å². The Hall–Kier alpha value is -1.42. The van der Waals surface area contributed by atoms with Crippen LogP contribution in [0.15, 0.2) is 24.3 Å². The minimum absolute atomic E-state index is 0.237. The van der Waals surface area contributed by atoms with E-state index in [2.05, 4.69) is 5.32 Å². The van der Waals surface area contributed by atoms with Gasteiger partial charge in [-0.05, 0) is 19.4 Å². The number of carbonyl (C=O) groups excluding carboxylic acids is 1. The van der Waals surface area contributed by atoms with E-state index in [0.717, 1.165) is 0 Å². The zero-order valence-corrected chi connectivity index (χ0v) is 9.53. The quantitative estimate of drug-likeness (QED) is 0.800. The van der Waals surface area contributed by atoms with Crippen LogP contribution in [0.2, 0.25) is 0 Å². The van der Waals surface area contributed by atoms with Crippen LogP contribution >= 0.6 is 0 Å². The van der Waals surface area contributed by atoms with E-state index in [4.69, 9.17) is 5.73 Å².